The van der Waals surface area contributed by atoms with Crippen molar-refractivity contribution in [2.24, 2.45) is 5.92 Å². The molecule has 0 radical (unpaired) electrons. The summed E-state index contributed by atoms with van der Waals surface area (Å²) in [7, 11) is 2.00. The summed E-state index contributed by atoms with van der Waals surface area (Å²) in [6.45, 7) is 5.02. The maximum absolute atomic E-state index is 12.3. The Morgan fingerprint density at radius 1 is 1.35 bits per heavy atom. The molecule has 0 bridgehead atoms. The summed E-state index contributed by atoms with van der Waals surface area (Å²) in [5, 5.41) is 3.21. The standard InChI is InChI=1S/C17H26N2O/c1-14-4-3-5-16(12-14)13-17(20)19-10-7-15(8-11-19)6-9-18-2/h3-5,12,15,18H,6-11,13H2,1-2H3. The van der Waals surface area contributed by atoms with Gasteiger partial charge in [0.15, 0.2) is 0 Å². The number of rotatable bonds is 5. The van der Waals surface area contributed by atoms with Crippen molar-refractivity contribution in [2.75, 3.05) is 26.7 Å². The van der Waals surface area contributed by atoms with Gasteiger partial charge in [-0.05, 0) is 51.3 Å². The van der Waals surface area contributed by atoms with Crippen molar-refractivity contribution >= 4 is 5.91 Å². The Morgan fingerprint density at radius 2 is 2.10 bits per heavy atom. The Labute approximate surface area is 122 Å². The smallest absolute Gasteiger partial charge is 0.226 e. The molecule has 110 valence electrons. The fourth-order valence-corrected chi connectivity index (χ4v) is 2.93. The van der Waals surface area contributed by atoms with Crippen molar-refractivity contribution < 1.29 is 4.79 Å². The fraction of sp³-hybridized carbons (Fsp3) is 0.588. The number of carbonyl (C=O) groups excluding carboxylic acids is 1. The molecule has 20 heavy (non-hydrogen) atoms. The average Bonchev–Trinajstić information content (AvgIpc) is 2.45. The minimum Gasteiger partial charge on any atom is -0.342 e. The van der Waals surface area contributed by atoms with Crippen LogP contribution < -0.4 is 5.32 Å². The van der Waals surface area contributed by atoms with Gasteiger partial charge < -0.3 is 10.2 Å². The molecule has 2 rings (SSSR count). The molecule has 1 saturated heterocycles. The van der Waals surface area contributed by atoms with Gasteiger partial charge in [-0.15, -0.1) is 0 Å². The lowest BCUT2D eigenvalue weighted by Crippen LogP contribution is -2.39. The highest BCUT2D eigenvalue weighted by Crippen LogP contribution is 2.20. The summed E-state index contributed by atoms with van der Waals surface area (Å²) < 4.78 is 0. The van der Waals surface area contributed by atoms with Crippen LogP contribution in [-0.2, 0) is 11.2 Å². The molecule has 0 spiro atoms. The van der Waals surface area contributed by atoms with Crippen molar-refractivity contribution in [3.63, 3.8) is 0 Å². The number of amides is 1. The van der Waals surface area contributed by atoms with Gasteiger partial charge in [-0.25, -0.2) is 0 Å². The Morgan fingerprint density at radius 3 is 2.75 bits per heavy atom. The molecule has 0 aliphatic carbocycles. The van der Waals surface area contributed by atoms with E-state index in [-0.39, 0.29) is 5.91 Å². The van der Waals surface area contributed by atoms with Crippen LogP contribution >= 0.6 is 0 Å². The molecule has 3 nitrogen and oxygen atoms in total. The number of likely N-dealkylation sites (tertiary alicyclic amines) is 1. The van der Waals surface area contributed by atoms with Crippen LogP contribution in [0, 0.1) is 12.8 Å². The van der Waals surface area contributed by atoms with E-state index in [4.69, 9.17) is 0 Å². The first-order valence-corrected chi connectivity index (χ1v) is 7.67. The Hall–Kier alpha value is -1.35. The van der Waals surface area contributed by atoms with Crippen LogP contribution in [0.2, 0.25) is 0 Å². The van der Waals surface area contributed by atoms with E-state index in [1.54, 1.807) is 0 Å². The minimum absolute atomic E-state index is 0.280. The second kappa shape index (κ2) is 7.44. The normalized spacial score (nSPS) is 16.4. The van der Waals surface area contributed by atoms with Crippen molar-refractivity contribution in [3.05, 3.63) is 35.4 Å². The lowest BCUT2D eigenvalue weighted by atomic mass is 9.93. The highest BCUT2D eigenvalue weighted by Gasteiger charge is 2.22. The summed E-state index contributed by atoms with van der Waals surface area (Å²) in [5.41, 5.74) is 2.35. The van der Waals surface area contributed by atoms with Gasteiger partial charge in [0.2, 0.25) is 5.91 Å². The van der Waals surface area contributed by atoms with Crippen LogP contribution in [0.15, 0.2) is 24.3 Å². The number of nitrogens with one attached hydrogen (secondary N) is 1. The third-order valence-electron chi connectivity index (χ3n) is 4.21. The topological polar surface area (TPSA) is 32.3 Å². The zero-order chi connectivity index (χ0) is 14.4. The van der Waals surface area contributed by atoms with E-state index in [9.17, 15) is 4.79 Å². The highest BCUT2D eigenvalue weighted by atomic mass is 16.2. The molecule has 1 heterocycles. The summed E-state index contributed by atoms with van der Waals surface area (Å²) in [5.74, 6) is 1.06. The average molecular weight is 274 g/mol. The van der Waals surface area contributed by atoms with Crippen LogP contribution in [0.3, 0.4) is 0 Å². The molecule has 0 aromatic heterocycles. The van der Waals surface area contributed by atoms with Gasteiger partial charge in [-0.2, -0.15) is 0 Å². The number of hydrogen-bond donors (Lipinski definition) is 1. The van der Waals surface area contributed by atoms with E-state index < -0.39 is 0 Å². The zero-order valence-corrected chi connectivity index (χ0v) is 12.7. The first kappa shape index (κ1) is 15.0. The number of hydrogen-bond acceptors (Lipinski definition) is 2. The largest absolute Gasteiger partial charge is 0.342 e. The maximum atomic E-state index is 12.3. The SMILES string of the molecule is CNCCC1CCN(C(=O)Cc2cccc(C)c2)CC1. The molecule has 1 fully saturated rings. The van der Waals surface area contributed by atoms with Crippen LogP contribution in [0.1, 0.15) is 30.4 Å². The van der Waals surface area contributed by atoms with Crippen molar-refractivity contribution in [2.45, 2.75) is 32.6 Å². The molecule has 1 aliphatic rings. The molecule has 1 aliphatic heterocycles. The molecule has 3 heteroatoms. The molecule has 1 aromatic carbocycles. The number of aryl methyl sites for hydroxylation is 1. The van der Waals surface area contributed by atoms with E-state index in [0.717, 1.165) is 44.0 Å². The van der Waals surface area contributed by atoms with E-state index in [0.29, 0.717) is 6.42 Å². The predicted molar refractivity (Wildman–Crippen MR) is 82.7 cm³/mol. The Bertz CT molecular complexity index is 436. The zero-order valence-electron chi connectivity index (χ0n) is 12.7. The molecule has 1 amide bonds. The third kappa shape index (κ3) is 4.34. The molecule has 0 unspecified atom stereocenters. The highest BCUT2D eigenvalue weighted by molar-refractivity contribution is 5.78. The summed E-state index contributed by atoms with van der Waals surface area (Å²) in [6.07, 6.45) is 4.09. The number of piperidine rings is 1. The van der Waals surface area contributed by atoms with Crippen LogP contribution in [0.5, 0.6) is 0 Å². The van der Waals surface area contributed by atoms with Gasteiger partial charge >= 0.3 is 0 Å². The second-order valence-electron chi connectivity index (χ2n) is 5.88. The minimum atomic E-state index is 0.280. The monoisotopic (exact) mass is 274 g/mol. The van der Waals surface area contributed by atoms with E-state index in [1.807, 2.05) is 24.1 Å². The molecular formula is C17H26N2O. The molecule has 0 saturated carbocycles. The Kier molecular flexibility index (Phi) is 5.60. The van der Waals surface area contributed by atoms with Gasteiger partial charge in [0.05, 0.1) is 6.42 Å². The van der Waals surface area contributed by atoms with Crippen LogP contribution in [0.25, 0.3) is 0 Å². The molecule has 1 aromatic rings. The molecular weight excluding hydrogens is 248 g/mol. The van der Waals surface area contributed by atoms with Crippen molar-refractivity contribution in [3.8, 4) is 0 Å². The van der Waals surface area contributed by atoms with Gasteiger partial charge in [-0.3, -0.25) is 4.79 Å². The second-order valence-corrected chi connectivity index (χ2v) is 5.88. The Balaban J connectivity index is 1.80. The quantitative estimate of drug-likeness (QED) is 0.894. The third-order valence-corrected chi connectivity index (χ3v) is 4.21. The lowest BCUT2D eigenvalue weighted by molar-refractivity contribution is -0.131. The molecule has 0 atom stereocenters. The first-order chi connectivity index (χ1) is 9.69. The predicted octanol–water partition coefficient (Wildman–Crippen LogP) is 2.39. The van der Waals surface area contributed by atoms with Crippen LogP contribution in [-0.4, -0.2) is 37.5 Å². The fourth-order valence-electron chi connectivity index (χ4n) is 2.93. The van der Waals surface area contributed by atoms with Gasteiger partial charge in [0.1, 0.15) is 0 Å². The lowest BCUT2D eigenvalue weighted by Gasteiger charge is -2.32. The van der Waals surface area contributed by atoms with Crippen molar-refractivity contribution in [1.82, 2.24) is 10.2 Å². The van der Waals surface area contributed by atoms with Gasteiger partial charge in [-0.1, -0.05) is 29.8 Å². The first-order valence-electron chi connectivity index (χ1n) is 7.67. The summed E-state index contributed by atoms with van der Waals surface area (Å²) in [4.78, 5) is 14.4. The summed E-state index contributed by atoms with van der Waals surface area (Å²) in [6, 6.07) is 8.26. The van der Waals surface area contributed by atoms with Crippen molar-refractivity contribution in [1.29, 1.82) is 0 Å². The van der Waals surface area contributed by atoms with Gasteiger partial charge in [0, 0.05) is 13.1 Å². The van der Waals surface area contributed by atoms with E-state index >= 15 is 0 Å². The number of benzene rings is 1. The summed E-state index contributed by atoms with van der Waals surface area (Å²) >= 11 is 0. The van der Waals surface area contributed by atoms with Crippen LogP contribution in [0.4, 0.5) is 0 Å². The van der Waals surface area contributed by atoms with E-state index in [1.165, 1.54) is 12.0 Å². The van der Waals surface area contributed by atoms with Gasteiger partial charge in [0.25, 0.3) is 0 Å². The van der Waals surface area contributed by atoms with E-state index in [2.05, 4.69) is 24.4 Å². The maximum Gasteiger partial charge on any atom is 0.226 e. The molecule has 1 N–H and O–H groups in total. The number of nitrogens with zero attached hydrogens (tertiary/aromatic N) is 1. The number of carbonyl (C=O) groups is 1.